The predicted octanol–water partition coefficient (Wildman–Crippen LogP) is 3.80. The number of halogens is 1. The smallest absolute Gasteiger partial charge is 0.251 e. The summed E-state index contributed by atoms with van der Waals surface area (Å²) < 4.78 is 0. The highest BCUT2D eigenvalue weighted by Gasteiger charge is 2.26. The third-order valence-electron chi connectivity index (χ3n) is 4.20. The molecule has 0 spiro atoms. The highest BCUT2D eigenvalue weighted by molar-refractivity contribution is 6.30. The molecular weight excluding hydrogens is 336 g/mol. The van der Waals surface area contributed by atoms with Gasteiger partial charge >= 0.3 is 0 Å². The van der Waals surface area contributed by atoms with Crippen molar-refractivity contribution in [1.29, 1.82) is 0 Å². The van der Waals surface area contributed by atoms with Gasteiger partial charge in [0.2, 0.25) is 5.91 Å². The van der Waals surface area contributed by atoms with Crippen LogP contribution in [0.25, 0.3) is 0 Å². The molecule has 2 unspecified atom stereocenters. The van der Waals surface area contributed by atoms with Crippen molar-refractivity contribution in [2.75, 3.05) is 0 Å². The third-order valence-corrected chi connectivity index (χ3v) is 4.45. The van der Waals surface area contributed by atoms with E-state index in [-0.39, 0.29) is 17.7 Å². The molecule has 0 saturated heterocycles. The summed E-state index contributed by atoms with van der Waals surface area (Å²) in [6, 6.07) is 15.7. The zero-order valence-electron chi connectivity index (χ0n) is 14.5. The molecule has 0 fully saturated rings. The molecule has 2 N–H and O–H groups in total. The SMILES string of the molecule is CCC(C)C(NC(=O)c1ccc(Cl)cc1)C(=O)NCc1ccccc1. The molecule has 0 saturated carbocycles. The minimum Gasteiger partial charge on any atom is -0.350 e. The van der Waals surface area contributed by atoms with Crippen LogP contribution in [0.1, 0.15) is 36.2 Å². The van der Waals surface area contributed by atoms with Crippen molar-refractivity contribution in [3.63, 3.8) is 0 Å². The first-order valence-electron chi connectivity index (χ1n) is 8.39. The number of nitrogens with one attached hydrogen (secondary N) is 2. The van der Waals surface area contributed by atoms with E-state index in [4.69, 9.17) is 11.6 Å². The fourth-order valence-electron chi connectivity index (χ4n) is 2.42. The summed E-state index contributed by atoms with van der Waals surface area (Å²) in [6.07, 6.45) is 0.782. The molecule has 0 bridgehead atoms. The molecule has 2 rings (SSSR count). The van der Waals surface area contributed by atoms with Crippen LogP contribution in [0.4, 0.5) is 0 Å². The van der Waals surface area contributed by atoms with Crippen LogP contribution < -0.4 is 10.6 Å². The number of carbonyl (C=O) groups excluding carboxylic acids is 2. The Morgan fingerprint density at radius 2 is 1.68 bits per heavy atom. The lowest BCUT2D eigenvalue weighted by Gasteiger charge is -2.23. The molecule has 0 heterocycles. The number of amides is 2. The molecule has 25 heavy (non-hydrogen) atoms. The summed E-state index contributed by atoms with van der Waals surface area (Å²) >= 11 is 5.85. The van der Waals surface area contributed by atoms with Gasteiger partial charge in [-0.1, -0.05) is 62.2 Å². The molecule has 2 atom stereocenters. The molecule has 0 aliphatic heterocycles. The molecule has 2 aromatic carbocycles. The monoisotopic (exact) mass is 358 g/mol. The largest absolute Gasteiger partial charge is 0.350 e. The molecule has 0 radical (unpaired) electrons. The Kier molecular flexibility index (Phi) is 7.02. The lowest BCUT2D eigenvalue weighted by Crippen LogP contribution is -2.50. The Hall–Kier alpha value is -2.33. The summed E-state index contributed by atoms with van der Waals surface area (Å²) in [5, 5.41) is 6.32. The summed E-state index contributed by atoms with van der Waals surface area (Å²) in [5.74, 6) is -0.440. The van der Waals surface area contributed by atoms with Gasteiger partial charge in [0.25, 0.3) is 5.91 Å². The number of carbonyl (C=O) groups is 2. The zero-order valence-corrected chi connectivity index (χ0v) is 15.2. The quantitative estimate of drug-likeness (QED) is 0.790. The van der Waals surface area contributed by atoms with E-state index in [2.05, 4.69) is 10.6 Å². The van der Waals surface area contributed by atoms with Crippen LogP contribution in [-0.4, -0.2) is 17.9 Å². The molecule has 2 amide bonds. The highest BCUT2D eigenvalue weighted by atomic mass is 35.5. The number of hydrogen-bond acceptors (Lipinski definition) is 2. The van der Waals surface area contributed by atoms with Crippen LogP contribution in [-0.2, 0) is 11.3 Å². The maximum absolute atomic E-state index is 12.6. The van der Waals surface area contributed by atoms with Gasteiger partial charge in [0, 0.05) is 17.1 Å². The van der Waals surface area contributed by atoms with Crippen molar-refractivity contribution in [1.82, 2.24) is 10.6 Å². The van der Waals surface area contributed by atoms with E-state index in [1.54, 1.807) is 24.3 Å². The average Bonchev–Trinajstić information content (AvgIpc) is 2.64. The summed E-state index contributed by atoms with van der Waals surface area (Å²) in [6.45, 7) is 4.38. The normalized spacial score (nSPS) is 12.9. The van der Waals surface area contributed by atoms with Crippen molar-refractivity contribution >= 4 is 23.4 Å². The van der Waals surface area contributed by atoms with Gasteiger partial charge in [-0.2, -0.15) is 0 Å². The van der Waals surface area contributed by atoms with Gasteiger partial charge in [0.1, 0.15) is 6.04 Å². The summed E-state index contributed by atoms with van der Waals surface area (Å²) in [5.41, 5.74) is 1.50. The van der Waals surface area contributed by atoms with Gasteiger partial charge < -0.3 is 10.6 Å². The first-order valence-corrected chi connectivity index (χ1v) is 8.77. The zero-order chi connectivity index (χ0) is 18.2. The van der Waals surface area contributed by atoms with Gasteiger partial charge in [-0.3, -0.25) is 9.59 Å². The van der Waals surface area contributed by atoms with Crippen LogP contribution in [0.2, 0.25) is 5.02 Å². The van der Waals surface area contributed by atoms with Crippen LogP contribution in [0, 0.1) is 5.92 Å². The lowest BCUT2D eigenvalue weighted by molar-refractivity contribution is -0.124. The van der Waals surface area contributed by atoms with Gasteiger partial charge in [0.05, 0.1) is 0 Å². The topological polar surface area (TPSA) is 58.2 Å². The molecule has 2 aromatic rings. The first-order chi connectivity index (χ1) is 12.0. The van der Waals surface area contributed by atoms with E-state index in [0.717, 1.165) is 12.0 Å². The van der Waals surface area contributed by atoms with Crippen LogP contribution in [0.5, 0.6) is 0 Å². The molecule has 0 aliphatic carbocycles. The van der Waals surface area contributed by atoms with Gasteiger partial charge in [-0.05, 0) is 35.7 Å². The maximum Gasteiger partial charge on any atom is 0.251 e. The van der Waals surface area contributed by atoms with Crippen molar-refractivity contribution in [2.45, 2.75) is 32.9 Å². The highest BCUT2D eigenvalue weighted by Crippen LogP contribution is 2.12. The van der Waals surface area contributed by atoms with Gasteiger partial charge in [-0.25, -0.2) is 0 Å². The van der Waals surface area contributed by atoms with E-state index in [1.165, 1.54) is 0 Å². The van der Waals surface area contributed by atoms with E-state index < -0.39 is 6.04 Å². The van der Waals surface area contributed by atoms with Crippen molar-refractivity contribution in [3.05, 3.63) is 70.7 Å². The number of hydrogen-bond donors (Lipinski definition) is 2. The Bertz CT molecular complexity index is 701. The van der Waals surface area contributed by atoms with Crippen LogP contribution in [0.3, 0.4) is 0 Å². The molecule has 0 aliphatic rings. The second-order valence-electron chi connectivity index (χ2n) is 6.05. The Labute approximate surface area is 153 Å². The summed E-state index contributed by atoms with van der Waals surface area (Å²) in [4.78, 5) is 25.0. The Balaban J connectivity index is 2.03. The van der Waals surface area contributed by atoms with Crippen molar-refractivity contribution in [2.24, 2.45) is 5.92 Å². The lowest BCUT2D eigenvalue weighted by atomic mass is 9.97. The minimum absolute atomic E-state index is 0.0204. The third kappa shape index (κ3) is 5.61. The Morgan fingerprint density at radius 1 is 1.04 bits per heavy atom. The van der Waals surface area contributed by atoms with Crippen molar-refractivity contribution in [3.8, 4) is 0 Å². The van der Waals surface area contributed by atoms with E-state index in [0.29, 0.717) is 17.1 Å². The molecule has 0 aromatic heterocycles. The second-order valence-corrected chi connectivity index (χ2v) is 6.48. The van der Waals surface area contributed by atoms with Gasteiger partial charge in [0.15, 0.2) is 0 Å². The fourth-order valence-corrected chi connectivity index (χ4v) is 2.55. The predicted molar refractivity (Wildman–Crippen MR) is 100 cm³/mol. The van der Waals surface area contributed by atoms with Crippen LogP contribution >= 0.6 is 11.6 Å². The fraction of sp³-hybridized carbons (Fsp3) is 0.300. The van der Waals surface area contributed by atoms with Crippen molar-refractivity contribution < 1.29 is 9.59 Å². The number of benzene rings is 2. The maximum atomic E-state index is 12.6. The van der Waals surface area contributed by atoms with Crippen LogP contribution in [0.15, 0.2) is 54.6 Å². The van der Waals surface area contributed by atoms with E-state index >= 15 is 0 Å². The minimum atomic E-state index is -0.586. The molecule has 132 valence electrons. The molecular formula is C20H23ClN2O2. The van der Waals surface area contributed by atoms with E-state index in [1.807, 2.05) is 44.2 Å². The van der Waals surface area contributed by atoms with E-state index in [9.17, 15) is 9.59 Å². The first kappa shape index (κ1) is 19.0. The Morgan fingerprint density at radius 3 is 2.28 bits per heavy atom. The average molecular weight is 359 g/mol. The number of rotatable bonds is 7. The molecule has 4 nitrogen and oxygen atoms in total. The van der Waals surface area contributed by atoms with Gasteiger partial charge in [-0.15, -0.1) is 0 Å². The summed E-state index contributed by atoms with van der Waals surface area (Å²) in [7, 11) is 0. The standard InChI is InChI=1S/C20H23ClN2O2/c1-3-14(2)18(20(25)22-13-15-7-5-4-6-8-15)23-19(24)16-9-11-17(21)12-10-16/h4-12,14,18H,3,13H2,1-2H3,(H,22,25)(H,23,24). The molecule has 5 heteroatoms. The second kappa shape index (κ2) is 9.23.